The standard InChI is InChI=1S/C30H45N3O4.ClH/c1-5-8-9-10-11-19-31-30(36)32(4)26-14-12-13-25(23-26)27-17-15-24(16-18-29(34)35)22-28(27)37-21-20-33(6-2)7-3;/h12-15,17,22-23H,5-11,16,18-21H2,1-4H3,(H,31,36)(H,34,35);1H. The van der Waals surface area contributed by atoms with Gasteiger partial charge in [0.05, 0.1) is 0 Å². The maximum atomic E-state index is 12.7. The Morgan fingerprint density at radius 2 is 1.71 bits per heavy atom. The van der Waals surface area contributed by atoms with E-state index < -0.39 is 5.97 Å². The first kappa shape index (κ1) is 33.3. The topological polar surface area (TPSA) is 82.1 Å². The highest BCUT2D eigenvalue weighted by molar-refractivity contribution is 5.92. The number of benzene rings is 2. The van der Waals surface area contributed by atoms with Crippen LogP contribution in [0.2, 0.25) is 0 Å². The van der Waals surface area contributed by atoms with Crippen molar-refractivity contribution in [1.29, 1.82) is 0 Å². The third-order valence-electron chi connectivity index (χ3n) is 6.64. The highest BCUT2D eigenvalue weighted by Gasteiger charge is 2.14. The van der Waals surface area contributed by atoms with Crippen LogP contribution in [0.25, 0.3) is 11.1 Å². The number of aryl methyl sites for hydroxylation is 1. The van der Waals surface area contributed by atoms with Crippen molar-refractivity contribution < 1.29 is 19.4 Å². The maximum absolute atomic E-state index is 12.7. The minimum atomic E-state index is -0.817. The summed E-state index contributed by atoms with van der Waals surface area (Å²) >= 11 is 0. The number of urea groups is 1. The second-order valence-electron chi connectivity index (χ2n) is 9.36. The van der Waals surface area contributed by atoms with E-state index in [1.54, 1.807) is 11.9 Å². The van der Waals surface area contributed by atoms with Gasteiger partial charge in [-0.1, -0.05) is 70.7 Å². The molecule has 2 aromatic rings. The molecule has 2 amide bonds. The zero-order valence-corrected chi connectivity index (χ0v) is 24.3. The number of aliphatic carboxylic acids is 1. The SMILES string of the molecule is CCCCCCCNC(=O)N(C)c1cccc(-c2ccc(CCC(=O)O)cc2OCCN(CC)CC)c1.Cl. The number of nitrogens with one attached hydrogen (secondary N) is 1. The quantitative estimate of drug-likeness (QED) is 0.217. The van der Waals surface area contributed by atoms with E-state index in [9.17, 15) is 9.59 Å². The zero-order valence-electron chi connectivity index (χ0n) is 23.5. The second-order valence-corrected chi connectivity index (χ2v) is 9.36. The van der Waals surface area contributed by atoms with E-state index in [0.29, 0.717) is 19.6 Å². The molecule has 2 rings (SSSR count). The van der Waals surface area contributed by atoms with Crippen molar-refractivity contribution in [1.82, 2.24) is 10.2 Å². The van der Waals surface area contributed by atoms with Gasteiger partial charge in [0, 0.05) is 37.8 Å². The van der Waals surface area contributed by atoms with Crippen LogP contribution >= 0.6 is 12.4 Å². The first-order valence-corrected chi connectivity index (χ1v) is 13.7. The van der Waals surface area contributed by atoms with Crippen LogP contribution in [0, 0.1) is 0 Å². The van der Waals surface area contributed by atoms with Crippen LogP contribution in [0.1, 0.15) is 64.9 Å². The van der Waals surface area contributed by atoms with Crippen LogP contribution in [0.5, 0.6) is 5.75 Å². The molecule has 0 aliphatic carbocycles. The lowest BCUT2D eigenvalue weighted by molar-refractivity contribution is -0.136. The number of hydrogen-bond donors (Lipinski definition) is 2. The molecule has 0 radical (unpaired) electrons. The van der Waals surface area contributed by atoms with Gasteiger partial charge in [0.25, 0.3) is 0 Å². The fraction of sp³-hybridized carbons (Fsp3) is 0.533. The summed E-state index contributed by atoms with van der Waals surface area (Å²) in [5.74, 6) is -0.0885. The normalized spacial score (nSPS) is 10.7. The van der Waals surface area contributed by atoms with Gasteiger partial charge in [0.1, 0.15) is 12.4 Å². The lowest BCUT2D eigenvalue weighted by atomic mass is 10.00. The molecule has 38 heavy (non-hydrogen) atoms. The van der Waals surface area contributed by atoms with Gasteiger partial charge in [0.2, 0.25) is 0 Å². The molecule has 0 saturated heterocycles. The Bertz CT molecular complexity index is 982. The highest BCUT2D eigenvalue weighted by atomic mass is 35.5. The van der Waals surface area contributed by atoms with E-state index in [-0.39, 0.29) is 24.9 Å². The molecular formula is C30H46ClN3O4. The number of amides is 2. The average Bonchev–Trinajstić information content (AvgIpc) is 2.91. The van der Waals surface area contributed by atoms with E-state index in [1.165, 1.54) is 19.3 Å². The summed E-state index contributed by atoms with van der Waals surface area (Å²) in [6.07, 6.45) is 6.30. The van der Waals surface area contributed by atoms with Crippen molar-refractivity contribution >= 4 is 30.1 Å². The largest absolute Gasteiger partial charge is 0.492 e. The lowest BCUT2D eigenvalue weighted by Gasteiger charge is -2.21. The monoisotopic (exact) mass is 547 g/mol. The molecule has 2 N–H and O–H groups in total. The number of rotatable bonds is 17. The molecular weight excluding hydrogens is 502 g/mol. The Morgan fingerprint density at radius 1 is 0.974 bits per heavy atom. The van der Waals surface area contributed by atoms with E-state index >= 15 is 0 Å². The fourth-order valence-electron chi connectivity index (χ4n) is 4.20. The number of nitrogens with zero attached hydrogens (tertiary/aromatic N) is 2. The highest BCUT2D eigenvalue weighted by Crippen LogP contribution is 2.33. The van der Waals surface area contributed by atoms with Crippen LogP contribution in [0.3, 0.4) is 0 Å². The van der Waals surface area contributed by atoms with E-state index in [0.717, 1.165) is 60.6 Å². The number of unbranched alkanes of at least 4 members (excludes halogenated alkanes) is 4. The molecule has 212 valence electrons. The number of anilines is 1. The summed E-state index contributed by atoms with van der Waals surface area (Å²) in [7, 11) is 1.78. The molecule has 0 unspecified atom stereocenters. The van der Waals surface area contributed by atoms with Crippen molar-refractivity contribution in [2.24, 2.45) is 0 Å². The number of ether oxygens (including phenoxy) is 1. The minimum absolute atomic E-state index is 0. The number of halogens is 1. The first-order chi connectivity index (χ1) is 17.9. The van der Waals surface area contributed by atoms with Crippen LogP contribution < -0.4 is 15.0 Å². The number of carboxylic acid groups (broad SMARTS) is 1. The van der Waals surface area contributed by atoms with Crippen LogP contribution in [0.4, 0.5) is 10.5 Å². The Kier molecular flexibility index (Phi) is 16.2. The molecule has 0 saturated carbocycles. The summed E-state index contributed by atoms with van der Waals surface area (Å²) in [6, 6.07) is 13.6. The van der Waals surface area contributed by atoms with Gasteiger partial charge in [0.15, 0.2) is 0 Å². The van der Waals surface area contributed by atoms with Gasteiger partial charge in [-0.2, -0.15) is 0 Å². The smallest absolute Gasteiger partial charge is 0.321 e. The van der Waals surface area contributed by atoms with E-state index in [1.807, 2.05) is 42.5 Å². The molecule has 0 aliphatic rings. The average molecular weight is 548 g/mol. The van der Waals surface area contributed by atoms with Crippen LogP contribution in [-0.4, -0.2) is 61.8 Å². The van der Waals surface area contributed by atoms with Crippen molar-refractivity contribution in [2.75, 3.05) is 44.7 Å². The predicted molar refractivity (Wildman–Crippen MR) is 159 cm³/mol. The molecule has 0 fully saturated rings. The third-order valence-corrected chi connectivity index (χ3v) is 6.64. The number of hydrogen-bond acceptors (Lipinski definition) is 4. The summed E-state index contributed by atoms with van der Waals surface area (Å²) in [5.41, 5.74) is 3.59. The Labute approximate surface area is 235 Å². The molecule has 7 nitrogen and oxygen atoms in total. The summed E-state index contributed by atoms with van der Waals surface area (Å²) in [6.45, 7) is 10.4. The van der Waals surface area contributed by atoms with Crippen molar-refractivity contribution in [3.05, 3.63) is 48.0 Å². The molecule has 8 heteroatoms. The van der Waals surface area contributed by atoms with Gasteiger partial charge < -0.3 is 20.1 Å². The van der Waals surface area contributed by atoms with E-state index in [2.05, 4.69) is 31.0 Å². The van der Waals surface area contributed by atoms with Crippen molar-refractivity contribution in [2.45, 2.75) is 65.7 Å². The first-order valence-electron chi connectivity index (χ1n) is 13.7. The van der Waals surface area contributed by atoms with Crippen LogP contribution in [0.15, 0.2) is 42.5 Å². The summed E-state index contributed by atoms with van der Waals surface area (Å²) in [5, 5.41) is 12.1. The van der Waals surface area contributed by atoms with Crippen LogP contribution in [-0.2, 0) is 11.2 Å². The minimum Gasteiger partial charge on any atom is -0.492 e. The zero-order chi connectivity index (χ0) is 27.0. The molecule has 0 spiro atoms. The Balaban J connectivity index is 0.00000722. The van der Waals surface area contributed by atoms with Gasteiger partial charge in [-0.25, -0.2) is 4.79 Å². The molecule has 0 aliphatic heterocycles. The van der Waals surface area contributed by atoms with Gasteiger partial charge in [-0.15, -0.1) is 12.4 Å². The third kappa shape index (κ3) is 11.3. The molecule has 2 aromatic carbocycles. The van der Waals surface area contributed by atoms with Crippen molar-refractivity contribution in [3.63, 3.8) is 0 Å². The van der Waals surface area contributed by atoms with Gasteiger partial charge in [-0.05, 0) is 55.3 Å². The molecule has 0 heterocycles. The predicted octanol–water partition coefficient (Wildman–Crippen LogP) is 6.63. The Hall–Kier alpha value is -2.77. The Morgan fingerprint density at radius 3 is 2.39 bits per heavy atom. The maximum Gasteiger partial charge on any atom is 0.321 e. The number of likely N-dealkylation sites (N-methyl/N-ethyl adjacent to an activating group) is 1. The summed E-state index contributed by atoms with van der Waals surface area (Å²) < 4.78 is 6.23. The van der Waals surface area contributed by atoms with E-state index in [4.69, 9.17) is 9.84 Å². The summed E-state index contributed by atoms with van der Waals surface area (Å²) in [4.78, 5) is 27.7. The van der Waals surface area contributed by atoms with Gasteiger partial charge in [-0.3, -0.25) is 9.69 Å². The molecule has 0 atom stereocenters. The fourth-order valence-corrected chi connectivity index (χ4v) is 4.20. The van der Waals surface area contributed by atoms with Crippen molar-refractivity contribution in [3.8, 4) is 16.9 Å². The lowest BCUT2D eigenvalue weighted by Crippen LogP contribution is -2.37. The number of carboxylic acids is 1. The number of carbonyl (C=O) groups is 2. The molecule has 0 bridgehead atoms. The number of carbonyl (C=O) groups excluding carboxylic acids is 1. The second kappa shape index (κ2) is 18.5. The molecule has 0 aromatic heterocycles. The van der Waals surface area contributed by atoms with Gasteiger partial charge >= 0.3 is 12.0 Å².